The fourth-order valence-electron chi connectivity index (χ4n) is 1.42. The quantitative estimate of drug-likeness (QED) is 0.651. The van der Waals surface area contributed by atoms with Gasteiger partial charge in [-0.25, -0.2) is 4.98 Å². The smallest absolute Gasteiger partial charge is 0.234 e. The van der Waals surface area contributed by atoms with Gasteiger partial charge in [-0.2, -0.15) is 0 Å². The van der Waals surface area contributed by atoms with Gasteiger partial charge in [-0.3, -0.25) is 4.79 Å². The second kappa shape index (κ2) is 6.19. The molecule has 1 amide bonds. The fraction of sp³-hybridized carbons (Fsp3) is 0.600. The average Bonchev–Trinajstić information content (AvgIpc) is 2.92. The third-order valence-electron chi connectivity index (χ3n) is 2.29. The standard InChI is InChI=1S/C5H10N2O.C5H8N2/c6-5(8)4-2-1-3-7-4;1-2-5-6-3-4-7-5/h4,7H,1-3H2,(H2,6,8);3-4H,2H2,1H3,(H,6,7)/t4-;/m0./s1. The van der Waals surface area contributed by atoms with Crippen molar-refractivity contribution in [1.29, 1.82) is 0 Å². The number of H-pyrrole nitrogens is 1. The summed E-state index contributed by atoms with van der Waals surface area (Å²) in [5, 5.41) is 2.98. The molecule has 0 aromatic carbocycles. The van der Waals surface area contributed by atoms with Gasteiger partial charge >= 0.3 is 0 Å². The predicted octanol–water partition coefficient (Wildman–Crippen LogP) is 0.196. The van der Waals surface area contributed by atoms with Crippen LogP contribution in [0.1, 0.15) is 25.6 Å². The van der Waals surface area contributed by atoms with Crippen LogP contribution in [0.5, 0.6) is 0 Å². The lowest BCUT2D eigenvalue weighted by molar-refractivity contribution is -0.119. The van der Waals surface area contributed by atoms with Crippen LogP contribution < -0.4 is 11.1 Å². The van der Waals surface area contributed by atoms with Gasteiger partial charge in [-0.1, -0.05) is 6.92 Å². The van der Waals surface area contributed by atoms with Crippen molar-refractivity contribution >= 4 is 5.91 Å². The number of primary amides is 1. The third-order valence-corrected chi connectivity index (χ3v) is 2.29. The first kappa shape index (κ1) is 11.7. The molecule has 1 aromatic heterocycles. The largest absolute Gasteiger partial charge is 0.368 e. The van der Waals surface area contributed by atoms with E-state index in [0.29, 0.717) is 0 Å². The van der Waals surface area contributed by atoms with Gasteiger partial charge in [-0.05, 0) is 19.4 Å². The Kier molecular flexibility index (Phi) is 4.83. The van der Waals surface area contributed by atoms with Gasteiger partial charge in [0.25, 0.3) is 0 Å². The van der Waals surface area contributed by atoms with E-state index in [4.69, 9.17) is 5.73 Å². The second-order valence-electron chi connectivity index (χ2n) is 3.44. The number of hydrogen-bond donors (Lipinski definition) is 3. The van der Waals surface area contributed by atoms with Gasteiger partial charge in [0, 0.05) is 18.8 Å². The zero-order valence-corrected chi connectivity index (χ0v) is 8.99. The molecule has 2 rings (SSSR count). The summed E-state index contributed by atoms with van der Waals surface area (Å²) in [7, 11) is 0. The molecule has 1 aliphatic heterocycles. The number of imidazole rings is 1. The van der Waals surface area contributed by atoms with Crippen LogP contribution in [-0.2, 0) is 11.2 Å². The number of nitrogens with two attached hydrogens (primary N) is 1. The van der Waals surface area contributed by atoms with Crippen LogP contribution in [-0.4, -0.2) is 28.5 Å². The minimum Gasteiger partial charge on any atom is -0.368 e. The highest BCUT2D eigenvalue weighted by molar-refractivity contribution is 5.80. The van der Waals surface area contributed by atoms with Gasteiger partial charge < -0.3 is 16.0 Å². The zero-order valence-electron chi connectivity index (χ0n) is 8.99. The molecule has 5 nitrogen and oxygen atoms in total. The van der Waals surface area contributed by atoms with Gasteiger partial charge in [-0.15, -0.1) is 0 Å². The first-order chi connectivity index (χ1) is 7.24. The minimum atomic E-state index is -0.220. The number of carbonyl (C=O) groups excluding carboxylic acids is 1. The van der Waals surface area contributed by atoms with Crippen molar-refractivity contribution in [3.05, 3.63) is 18.2 Å². The Balaban J connectivity index is 0.000000151. The number of amides is 1. The van der Waals surface area contributed by atoms with E-state index in [1.54, 1.807) is 6.20 Å². The second-order valence-corrected chi connectivity index (χ2v) is 3.44. The Morgan fingerprint density at radius 2 is 2.53 bits per heavy atom. The summed E-state index contributed by atoms with van der Waals surface area (Å²) in [6.45, 7) is 3.01. The lowest BCUT2D eigenvalue weighted by Crippen LogP contribution is -2.36. The van der Waals surface area contributed by atoms with Gasteiger partial charge in [0.05, 0.1) is 6.04 Å². The van der Waals surface area contributed by atoms with E-state index in [0.717, 1.165) is 31.6 Å². The summed E-state index contributed by atoms with van der Waals surface area (Å²) in [5.74, 6) is 0.836. The lowest BCUT2D eigenvalue weighted by Gasteiger charge is -2.01. The van der Waals surface area contributed by atoms with E-state index in [2.05, 4.69) is 22.2 Å². The fourth-order valence-corrected chi connectivity index (χ4v) is 1.42. The van der Waals surface area contributed by atoms with Crippen molar-refractivity contribution in [2.75, 3.05) is 6.54 Å². The molecule has 5 heteroatoms. The Bertz CT molecular complexity index is 278. The Labute approximate surface area is 89.5 Å². The van der Waals surface area contributed by atoms with E-state index in [1.165, 1.54) is 0 Å². The number of rotatable bonds is 2. The van der Waals surface area contributed by atoms with E-state index < -0.39 is 0 Å². The summed E-state index contributed by atoms with van der Waals surface area (Å²) < 4.78 is 0. The van der Waals surface area contributed by atoms with E-state index >= 15 is 0 Å². The van der Waals surface area contributed by atoms with Crippen LogP contribution in [0.3, 0.4) is 0 Å². The van der Waals surface area contributed by atoms with Crippen molar-refractivity contribution in [2.45, 2.75) is 32.2 Å². The summed E-state index contributed by atoms with van der Waals surface area (Å²) in [6.07, 6.45) is 6.58. The monoisotopic (exact) mass is 210 g/mol. The number of hydrogen-bond acceptors (Lipinski definition) is 3. The molecule has 84 valence electrons. The first-order valence-corrected chi connectivity index (χ1v) is 5.25. The summed E-state index contributed by atoms with van der Waals surface area (Å²) in [4.78, 5) is 17.3. The number of aromatic nitrogens is 2. The molecule has 1 saturated heterocycles. The zero-order chi connectivity index (χ0) is 11.1. The number of aromatic amines is 1. The molecule has 2 heterocycles. The van der Waals surface area contributed by atoms with Crippen molar-refractivity contribution in [1.82, 2.24) is 15.3 Å². The summed E-state index contributed by atoms with van der Waals surface area (Å²) >= 11 is 0. The molecular weight excluding hydrogens is 192 g/mol. The van der Waals surface area contributed by atoms with E-state index in [1.807, 2.05) is 6.20 Å². The predicted molar refractivity (Wildman–Crippen MR) is 58.2 cm³/mol. The number of nitrogens with one attached hydrogen (secondary N) is 2. The normalized spacial score (nSPS) is 19.4. The molecule has 15 heavy (non-hydrogen) atoms. The van der Waals surface area contributed by atoms with Crippen LogP contribution >= 0.6 is 0 Å². The molecular formula is C10H18N4O. The summed E-state index contributed by atoms with van der Waals surface area (Å²) in [5.41, 5.74) is 5.00. The van der Waals surface area contributed by atoms with Crippen molar-refractivity contribution in [2.24, 2.45) is 5.73 Å². The third kappa shape index (κ3) is 4.12. The first-order valence-electron chi connectivity index (χ1n) is 5.25. The highest BCUT2D eigenvalue weighted by Gasteiger charge is 2.18. The number of nitrogens with zero attached hydrogens (tertiary/aromatic N) is 1. The number of aryl methyl sites for hydroxylation is 1. The Morgan fingerprint density at radius 3 is 2.80 bits per heavy atom. The molecule has 0 spiro atoms. The van der Waals surface area contributed by atoms with Crippen LogP contribution in [0, 0.1) is 0 Å². The molecule has 0 unspecified atom stereocenters. The highest BCUT2D eigenvalue weighted by Crippen LogP contribution is 2.02. The molecule has 4 N–H and O–H groups in total. The van der Waals surface area contributed by atoms with E-state index in [-0.39, 0.29) is 11.9 Å². The van der Waals surface area contributed by atoms with Crippen LogP contribution in [0.4, 0.5) is 0 Å². The van der Waals surface area contributed by atoms with Gasteiger partial charge in [0.1, 0.15) is 5.82 Å². The number of carbonyl (C=O) groups is 1. The SMILES string of the molecule is CCc1ncc[nH]1.NC(=O)[C@@H]1CCCN1. The average molecular weight is 210 g/mol. The maximum Gasteiger partial charge on any atom is 0.234 e. The topological polar surface area (TPSA) is 83.8 Å². The molecule has 1 fully saturated rings. The lowest BCUT2D eigenvalue weighted by atomic mass is 10.2. The minimum absolute atomic E-state index is 0.0463. The van der Waals surface area contributed by atoms with Crippen LogP contribution in [0.25, 0.3) is 0 Å². The van der Waals surface area contributed by atoms with Crippen molar-refractivity contribution in [3.63, 3.8) is 0 Å². The van der Waals surface area contributed by atoms with Crippen LogP contribution in [0.15, 0.2) is 12.4 Å². The van der Waals surface area contributed by atoms with Crippen molar-refractivity contribution < 1.29 is 4.79 Å². The Morgan fingerprint density at radius 1 is 1.73 bits per heavy atom. The molecule has 1 aliphatic rings. The van der Waals surface area contributed by atoms with Gasteiger partial charge in [0.15, 0.2) is 0 Å². The maximum atomic E-state index is 10.4. The van der Waals surface area contributed by atoms with Crippen molar-refractivity contribution in [3.8, 4) is 0 Å². The summed E-state index contributed by atoms with van der Waals surface area (Å²) in [6, 6.07) is -0.0463. The molecule has 1 atom stereocenters. The molecule has 0 aliphatic carbocycles. The molecule has 1 aromatic rings. The highest BCUT2D eigenvalue weighted by atomic mass is 16.1. The van der Waals surface area contributed by atoms with Crippen LogP contribution in [0.2, 0.25) is 0 Å². The molecule has 0 radical (unpaired) electrons. The Hall–Kier alpha value is -1.36. The van der Waals surface area contributed by atoms with E-state index in [9.17, 15) is 4.79 Å². The molecule has 0 bridgehead atoms. The maximum absolute atomic E-state index is 10.4. The molecule has 0 saturated carbocycles. The van der Waals surface area contributed by atoms with Gasteiger partial charge in [0.2, 0.25) is 5.91 Å².